The number of halogens is 1. The highest BCUT2D eigenvalue weighted by molar-refractivity contribution is 7.13. The first-order valence-electron chi connectivity index (χ1n) is 12.6. The molecule has 0 saturated carbocycles. The molecule has 1 saturated heterocycles. The molecule has 0 atom stereocenters. The average molecular weight is 538 g/mol. The molecule has 3 aromatic rings. The molecule has 1 aliphatic rings. The van der Waals surface area contributed by atoms with E-state index in [-0.39, 0.29) is 30.8 Å². The smallest absolute Gasteiger partial charge is 0.254 e. The predicted molar refractivity (Wildman–Crippen MR) is 147 cm³/mol. The zero-order chi connectivity index (χ0) is 27.2. The van der Waals surface area contributed by atoms with Gasteiger partial charge in [0.05, 0.1) is 12.1 Å². The highest BCUT2D eigenvalue weighted by atomic mass is 32.1. The summed E-state index contributed by atoms with van der Waals surface area (Å²) in [6.07, 6.45) is 0.165. The van der Waals surface area contributed by atoms with Crippen LogP contribution in [0.1, 0.15) is 35.5 Å². The molecule has 2 heterocycles. The summed E-state index contributed by atoms with van der Waals surface area (Å²) >= 11 is 1.24. The fourth-order valence-corrected chi connectivity index (χ4v) is 5.11. The normalized spacial score (nSPS) is 13.5. The fraction of sp³-hybridized carbons (Fsp3) is 0.357. The van der Waals surface area contributed by atoms with Crippen LogP contribution < -0.4 is 10.2 Å². The minimum absolute atomic E-state index is 0.00786. The number of aryl methyl sites for hydroxylation is 1. The van der Waals surface area contributed by atoms with Crippen molar-refractivity contribution in [3.05, 3.63) is 76.5 Å². The molecular formula is C28H32FN5O3S. The van der Waals surface area contributed by atoms with E-state index in [4.69, 9.17) is 0 Å². The summed E-state index contributed by atoms with van der Waals surface area (Å²) in [5.41, 5.74) is 3.33. The second-order valence-corrected chi connectivity index (χ2v) is 10.4. The van der Waals surface area contributed by atoms with Gasteiger partial charge in [-0.25, -0.2) is 9.37 Å². The Morgan fingerprint density at radius 2 is 1.74 bits per heavy atom. The Morgan fingerprint density at radius 1 is 1.05 bits per heavy atom. The second-order valence-electron chi connectivity index (χ2n) is 9.56. The lowest BCUT2D eigenvalue weighted by molar-refractivity contribution is -0.130. The molecular weight excluding hydrogens is 505 g/mol. The maximum atomic E-state index is 13.2. The molecule has 0 aliphatic carbocycles. The number of nitrogens with one attached hydrogen (secondary N) is 1. The lowest BCUT2D eigenvalue weighted by Crippen LogP contribution is -2.49. The standard InChI is InChI=1S/C28H32FN5O3S/c1-19(2)34(27(37)21-8-10-22(29)11-9-21)17-25(35)31-28-30-23(18-38-28)16-26(36)33-14-12-32(13-15-33)24-7-5-4-6-20(24)3/h4-11,18-19H,12-17H2,1-3H3,(H,30,31,35). The third-order valence-corrected chi connectivity index (χ3v) is 7.31. The predicted octanol–water partition coefficient (Wildman–Crippen LogP) is 3.97. The van der Waals surface area contributed by atoms with Crippen LogP contribution >= 0.6 is 11.3 Å². The summed E-state index contributed by atoms with van der Waals surface area (Å²) in [7, 11) is 0. The van der Waals surface area contributed by atoms with E-state index in [0.717, 1.165) is 13.1 Å². The first-order chi connectivity index (χ1) is 18.2. The fourth-order valence-electron chi connectivity index (χ4n) is 4.39. The molecule has 4 rings (SSSR count). The van der Waals surface area contributed by atoms with E-state index < -0.39 is 11.7 Å². The summed E-state index contributed by atoms with van der Waals surface area (Å²) < 4.78 is 13.2. The molecule has 0 spiro atoms. The van der Waals surface area contributed by atoms with Gasteiger partial charge in [0, 0.05) is 48.9 Å². The van der Waals surface area contributed by atoms with Crippen molar-refractivity contribution in [2.24, 2.45) is 0 Å². The van der Waals surface area contributed by atoms with Crippen molar-refractivity contribution < 1.29 is 18.8 Å². The van der Waals surface area contributed by atoms with Gasteiger partial charge in [0.1, 0.15) is 12.4 Å². The van der Waals surface area contributed by atoms with Crippen LogP contribution in [0.4, 0.5) is 15.2 Å². The van der Waals surface area contributed by atoms with Crippen LogP contribution in [0.15, 0.2) is 53.9 Å². The van der Waals surface area contributed by atoms with Gasteiger partial charge in [0.15, 0.2) is 5.13 Å². The third kappa shape index (κ3) is 6.74. The van der Waals surface area contributed by atoms with E-state index in [1.54, 1.807) is 5.38 Å². The molecule has 1 N–H and O–H groups in total. The number of para-hydroxylation sites is 1. The Morgan fingerprint density at radius 3 is 2.39 bits per heavy atom. The van der Waals surface area contributed by atoms with Crippen LogP contribution in [-0.2, 0) is 16.0 Å². The van der Waals surface area contributed by atoms with Gasteiger partial charge in [-0.2, -0.15) is 0 Å². The van der Waals surface area contributed by atoms with E-state index in [9.17, 15) is 18.8 Å². The van der Waals surface area contributed by atoms with Crippen molar-refractivity contribution in [3.63, 3.8) is 0 Å². The summed E-state index contributed by atoms with van der Waals surface area (Å²) in [4.78, 5) is 48.4. The van der Waals surface area contributed by atoms with Crippen LogP contribution in [0.25, 0.3) is 0 Å². The highest BCUT2D eigenvalue weighted by Gasteiger charge is 2.24. The average Bonchev–Trinajstić information content (AvgIpc) is 3.34. The lowest BCUT2D eigenvalue weighted by Gasteiger charge is -2.36. The molecule has 0 radical (unpaired) electrons. The second kappa shape index (κ2) is 12.2. The maximum absolute atomic E-state index is 13.2. The molecule has 1 fully saturated rings. The number of hydrogen-bond acceptors (Lipinski definition) is 6. The molecule has 0 unspecified atom stereocenters. The third-order valence-electron chi connectivity index (χ3n) is 6.51. The Hall–Kier alpha value is -3.79. The van der Waals surface area contributed by atoms with Crippen LogP contribution in [0.5, 0.6) is 0 Å². The van der Waals surface area contributed by atoms with Crippen molar-refractivity contribution in [2.75, 3.05) is 42.9 Å². The van der Waals surface area contributed by atoms with Gasteiger partial charge < -0.3 is 20.0 Å². The molecule has 3 amide bonds. The van der Waals surface area contributed by atoms with Gasteiger partial charge in [-0.15, -0.1) is 11.3 Å². The van der Waals surface area contributed by atoms with Crippen molar-refractivity contribution in [1.29, 1.82) is 0 Å². The number of piperazine rings is 1. The number of rotatable bonds is 8. The minimum atomic E-state index is -0.432. The van der Waals surface area contributed by atoms with E-state index in [1.165, 1.54) is 51.8 Å². The van der Waals surface area contributed by atoms with Crippen molar-refractivity contribution in [2.45, 2.75) is 33.2 Å². The number of aromatic nitrogens is 1. The van der Waals surface area contributed by atoms with E-state index in [0.29, 0.717) is 29.5 Å². The molecule has 38 heavy (non-hydrogen) atoms. The molecule has 1 aliphatic heterocycles. The summed E-state index contributed by atoms with van der Waals surface area (Å²) in [6.45, 7) is 8.38. The number of thiazole rings is 1. The minimum Gasteiger partial charge on any atom is -0.368 e. The summed E-state index contributed by atoms with van der Waals surface area (Å²) in [6, 6.07) is 13.2. The molecule has 0 bridgehead atoms. The van der Waals surface area contributed by atoms with E-state index in [2.05, 4.69) is 34.3 Å². The number of hydrogen-bond donors (Lipinski definition) is 1. The lowest BCUT2D eigenvalue weighted by atomic mass is 10.1. The number of benzene rings is 2. The monoisotopic (exact) mass is 537 g/mol. The van der Waals surface area contributed by atoms with Gasteiger partial charge in [-0.3, -0.25) is 14.4 Å². The van der Waals surface area contributed by atoms with Crippen LogP contribution in [0.2, 0.25) is 0 Å². The van der Waals surface area contributed by atoms with Crippen molar-refractivity contribution in [1.82, 2.24) is 14.8 Å². The molecule has 2 aromatic carbocycles. The first kappa shape index (κ1) is 27.3. The molecule has 10 heteroatoms. The van der Waals surface area contributed by atoms with Gasteiger partial charge in [0.25, 0.3) is 5.91 Å². The first-order valence-corrected chi connectivity index (χ1v) is 13.5. The maximum Gasteiger partial charge on any atom is 0.254 e. The Kier molecular flexibility index (Phi) is 8.73. The zero-order valence-corrected chi connectivity index (χ0v) is 22.6. The number of amides is 3. The largest absolute Gasteiger partial charge is 0.368 e. The number of carbonyl (C=O) groups excluding carboxylic acids is 3. The molecule has 8 nitrogen and oxygen atoms in total. The van der Waals surface area contributed by atoms with Crippen molar-refractivity contribution >= 4 is 39.9 Å². The van der Waals surface area contributed by atoms with Crippen LogP contribution in [0.3, 0.4) is 0 Å². The summed E-state index contributed by atoms with van der Waals surface area (Å²) in [5.74, 6) is -1.18. The van der Waals surface area contributed by atoms with Crippen LogP contribution in [-0.4, -0.2) is 71.3 Å². The number of nitrogens with zero attached hydrogens (tertiary/aromatic N) is 4. The van der Waals surface area contributed by atoms with E-state index in [1.807, 2.05) is 30.9 Å². The number of anilines is 2. The molecule has 1 aromatic heterocycles. The van der Waals surface area contributed by atoms with Crippen LogP contribution in [0, 0.1) is 12.7 Å². The summed E-state index contributed by atoms with van der Waals surface area (Å²) in [5, 5.41) is 4.87. The molecule has 200 valence electrons. The van der Waals surface area contributed by atoms with Gasteiger partial charge in [0.2, 0.25) is 11.8 Å². The number of carbonyl (C=O) groups is 3. The quantitative estimate of drug-likeness (QED) is 0.470. The van der Waals surface area contributed by atoms with Crippen molar-refractivity contribution in [3.8, 4) is 0 Å². The van der Waals surface area contributed by atoms with E-state index >= 15 is 0 Å². The topological polar surface area (TPSA) is 85.9 Å². The SMILES string of the molecule is Cc1ccccc1N1CCN(C(=O)Cc2csc(NC(=O)CN(C(=O)c3ccc(F)cc3)C(C)C)n2)CC1. The van der Waals surface area contributed by atoms with Gasteiger partial charge >= 0.3 is 0 Å². The zero-order valence-electron chi connectivity index (χ0n) is 21.8. The Balaban J connectivity index is 1.28. The van der Waals surface area contributed by atoms with Gasteiger partial charge in [-0.05, 0) is 56.7 Å². The Bertz CT molecular complexity index is 1290. The highest BCUT2D eigenvalue weighted by Crippen LogP contribution is 2.22. The van der Waals surface area contributed by atoms with Gasteiger partial charge in [-0.1, -0.05) is 18.2 Å². The Labute approximate surface area is 226 Å².